The number of hydrogen-bond donors (Lipinski definition) is 2. The van der Waals surface area contributed by atoms with Crippen LogP contribution >= 0.6 is 0 Å². The van der Waals surface area contributed by atoms with E-state index in [4.69, 9.17) is 9.29 Å². The molecule has 4 aliphatic rings. The van der Waals surface area contributed by atoms with Crippen molar-refractivity contribution in [3.05, 3.63) is 29.8 Å². The van der Waals surface area contributed by atoms with Gasteiger partial charge in [-0.15, -0.1) is 0 Å². The first kappa shape index (κ1) is 15.9. The molecular formula is C16H22O5S. The Balaban J connectivity index is 0.000000131. The van der Waals surface area contributed by atoms with E-state index in [-0.39, 0.29) is 17.1 Å². The molecule has 1 saturated heterocycles. The molecule has 0 spiro atoms. The molecule has 3 aliphatic carbocycles. The molecule has 0 radical (unpaired) electrons. The van der Waals surface area contributed by atoms with Crippen LogP contribution < -0.4 is 0 Å². The van der Waals surface area contributed by atoms with Gasteiger partial charge in [0, 0.05) is 0 Å². The molecule has 3 saturated carbocycles. The Labute approximate surface area is 131 Å². The topological polar surface area (TPSA) is 83.8 Å². The van der Waals surface area contributed by atoms with Crippen LogP contribution in [0, 0.1) is 24.7 Å². The fourth-order valence-electron chi connectivity index (χ4n) is 3.95. The molecule has 0 aromatic heterocycles. The molecule has 1 heterocycles. The zero-order chi connectivity index (χ0) is 15.9. The predicted octanol–water partition coefficient (Wildman–Crippen LogP) is 2.03. The van der Waals surface area contributed by atoms with E-state index >= 15 is 0 Å². The lowest BCUT2D eigenvalue weighted by atomic mass is 9.63. The van der Waals surface area contributed by atoms with Gasteiger partial charge in [-0.1, -0.05) is 17.7 Å². The number of ether oxygens (including phenoxy) is 1. The summed E-state index contributed by atoms with van der Waals surface area (Å²) in [6.07, 6.45) is 3.85. The first-order valence-corrected chi connectivity index (χ1v) is 9.14. The van der Waals surface area contributed by atoms with Gasteiger partial charge in [0.05, 0.1) is 23.7 Å². The molecule has 1 aromatic carbocycles. The van der Waals surface area contributed by atoms with E-state index in [0.717, 1.165) is 18.1 Å². The van der Waals surface area contributed by atoms with Crippen LogP contribution in [0.2, 0.25) is 0 Å². The molecule has 122 valence electrons. The number of benzene rings is 1. The van der Waals surface area contributed by atoms with Crippen molar-refractivity contribution in [2.24, 2.45) is 17.8 Å². The van der Waals surface area contributed by atoms with Gasteiger partial charge in [0.15, 0.2) is 0 Å². The maximum Gasteiger partial charge on any atom is 0.294 e. The standard InChI is InChI=1S/C9H14O2.C7H8O3S/c10-8-5-1-2-7-6(3-5)4-11-9(7)8;1-6-2-4-7(5-3-6)11(8,9)10/h5-10H,1-4H2;2-5H,1H3,(H,8,9,10). The van der Waals surface area contributed by atoms with Crippen LogP contribution in [-0.2, 0) is 14.9 Å². The van der Waals surface area contributed by atoms with Crippen LogP contribution in [0.3, 0.4) is 0 Å². The minimum atomic E-state index is -4.02. The fourth-order valence-corrected chi connectivity index (χ4v) is 4.43. The molecule has 0 amide bonds. The van der Waals surface area contributed by atoms with Crippen LogP contribution in [0.25, 0.3) is 0 Å². The second-order valence-corrected chi connectivity index (χ2v) is 8.00. The maximum atomic E-state index is 10.5. The van der Waals surface area contributed by atoms with Gasteiger partial charge < -0.3 is 9.84 Å². The second kappa shape index (κ2) is 5.92. The van der Waals surface area contributed by atoms with E-state index in [0.29, 0.717) is 11.8 Å². The summed E-state index contributed by atoms with van der Waals surface area (Å²) in [5.41, 5.74) is 0.956. The molecule has 22 heavy (non-hydrogen) atoms. The van der Waals surface area contributed by atoms with Crippen LogP contribution in [0.1, 0.15) is 24.8 Å². The van der Waals surface area contributed by atoms with E-state index in [1.54, 1.807) is 12.1 Å². The first-order valence-electron chi connectivity index (χ1n) is 7.70. The van der Waals surface area contributed by atoms with Crippen molar-refractivity contribution < 1.29 is 22.8 Å². The third-order valence-electron chi connectivity index (χ3n) is 5.14. The highest BCUT2D eigenvalue weighted by molar-refractivity contribution is 7.85. The van der Waals surface area contributed by atoms with Crippen LogP contribution in [-0.4, -0.2) is 36.9 Å². The summed E-state index contributed by atoms with van der Waals surface area (Å²) in [5, 5.41) is 9.76. The van der Waals surface area contributed by atoms with E-state index < -0.39 is 10.1 Å². The van der Waals surface area contributed by atoms with Gasteiger partial charge >= 0.3 is 0 Å². The molecule has 2 N–H and O–H groups in total. The van der Waals surface area contributed by atoms with Gasteiger partial charge in [-0.05, 0) is 56.1 Å². The molecule has 5 rings (SSSR count). The second-order valence-electron chi connectivity index (χ2n) is 6.57. The minimum Gasteiger partial charge on any atom is -0.390 e. The molecular weight excluding hydrogens is 304 g/mol. The SMILES string of the molecule is Cc1ccc(S(=O)(=O)O)cc1.OC1C2CCC3C(COC13)C2. The van der Waals surface area contributed by atoms with Crippen molar-refractivity contribution >= 4 is 10.1 Å². The summed E-state index contributed by atoms with van der Waals surface area (Å²) < 4.78 is 35.1. The number of aliphatic hydroxyl groups excluding tert-OH is 1. The Bertz CT molecular complexity index is 620. The van der Waals surface area contributed by atoms with Gasteiger partial charge in [-0.25, -0.2) is 0 Å². The number of hydrogen-bond acceptors (Lipinski definition) is 4. The van der Waals surface area contributed by atoms with Gasteiger partial charge in [0.25, 0.3) is 10.1 Å². The Morgan fingerprint density at radius 1 is 1.14 bits per heavy atom. The zero-order valence-electron chi connectivity index (χ0n) is 12.6. The lowest BCUT2D eigenvalue weighted by molar-refractivity contribution is -0.0862. The molecule has 1 aliphatic heterocycles. The van der Waals surface area contributed by atoms with Gasteiger partial charge in [0.1, 0.15) is 0 Å². The van der Waals surface area contributed by atoms with E-state index in [9.17, 15) is 13.5 Å². The summed E-state index contributed by atoms with van der Waals surface area (Å²) in [7, 11) is -4.02. The monoisotopic (exact) mass is 326 g/mol. The molecule has 5 unspecified atom stereocenters. The molecule has 1 aromatic rings. The largest absolute Gasteiger partial charge is 0.390 e. The highest BCUT2D eigenvalue weighted by Gasteiger charge is 2.52. The van der Waals surface area contributed by atoms with E-state index in [1.807, 2.05) is 6.92 Å². The summed E-state index contributed by atoms with van der Waals surface area (Å²) in [4.78, 5) is -0.0666. The lowest BCUT2D eigenvalue weighted by Gasteiger charge is -2.43. The summed E-state index contributed by atoms with van der Waals surface area (Å²) in [6.45, 7) is 2.76. The number of fused-ring (bicyclic) bond motifs is 1. The molecule has 5 nitrogen and oxygen atoms in total. The van der Waals surface area contributed by atoms with Crippen molar-refractivity contribution in [2.45, 2.75) is 43.3 Å². The van der Waals surface area contributed by atoms with Crippen LogP contribution in [0.15, 0.2) is 29.2 Å². The smallest absolute Gasteiger partial charge is 0.294 e. The Kier molecular flexibility index (Phi) is 4.29. The number of aryl methyl sites for hydroxylation is 1. The third-order valence-corrected chi connectivity index (χ3v) is 6.01. The van der Waals surface area contributed by atoms with Gasteiger partial charge in [-0.2, -0.15) is 8.42 Å². The quantitative estimate of drug-likeness (QED) is 0.772. The van der Waals surface area contributed by atoms with Crippen LogP contribution in [0.5, 0.6) is 0 Å². The third kappa shape index (κ3) is 3.06. The van der Waals surface area contributed by atoms with Crippen molar-refractivity contribution in [1.82, 2.24) is 0 Å². The van der Waals surface area contributed by atoms with E-state index in [2.05, 4.69) is 0 Å². The van der Waals surface area contributed by atoms with Crippen molar-refractivity contribution in [2.75, 3.05) is 6.61 Å². The predicted molar refractivity (Wildman–Crippen MR) is 81.1 cm³/mol. The van der Waals surface area contributed by atoms with Crippen molar-refractivity contribution in [3.8, 4) is 0 Å². The zero-order valence-corrected chi connectivity index (χ0v) is 13.4. The van der Waals surface area contributed by atoms with Crippen molar-refractivity contribution in [3.63, 3.8) is 0 Å². The summed E-state index contributed by atoms with van der Waals surface area (Å²) in [5.74, 6) is 2.06. The maximum absolute atomic E-state index is 10.5. The van der Waals surface area contributed by atoms with Gasteiger partial charge in [-0.3, -0.25) is 4.55 Å². The molecule has 4 bridgehead atoms. The highest BCUT2D eigenvalue weighted by atomic mass is 32.2. The first-order chi connectivity index (χ1) is 10.4. The van der Waals surface area contributed by atoms with Gasteiger partial charge in [0.2, 0.25) is 0 Å². The average molecular weight is 326 g/mol. The Hall–Kier alpha value is -0.950. The lowest BCUT2D eigenvalue weighted by Crippen LogP contribution is -2.47. The summed E-state index contributed by atoms with van der Waals surface area (Å²) in [6, 6.07) is 5.99. The normalized spacial score (nSPS) is 35.9. The Morgan fingerprint density at radius 2 is 1.82 bits per heavy atom. The average Bonchev–Trinajstić information content (AvgIpc) is 2.84. The van der Waals surface area contributed by atoms with E-state index in [1.165, 1.54) is 31.4 Å². The highest BCUT2D eigenvalue weighted by Crippen LogP contribution is 2.50. The fraction of sp³-hybridized carbons (Fsp3) is 0.625. The Morgan fingerprint density at radius 3 is 2.41 bits per heavy atom. The molecule has 4 fully saturated rings. The minimum absolute atomic E-state index is 0.0666. The van der Waals surface area contributed by atoms with Crippen molar-refractivity contribution in [1.29, 1.82) is 0 Å². The molecule has 6 heteroatoms. The molecule has 5 atom stereocenters. The summed E-state index contributed by atoms with van der Waals surface area (Å²) >= 11 is 0. The number of aliphatic hydroxyl groups is 1. The number of rotatable bonds is 1. The van der Waals surface area contributed by atoms with Crippen LogP contribution in [0.4, 0.5) is 0 Å².